The molecule has 2 atom stereocenters. The van der Waals surface area contributed by atoms with Crippen LogP contribution in [0.1, 0.15) is 68.1 Å². The Morgan fingerprint density at radius 2 is 1.36 bits per heavy atom. The third kappa shape index (κ3) is 4.22. The molecular formula is C31H30F7NO5S. The van der Waals surface area contributed by atoms with Crippen LogP contribution in [0.15, 0.2) is 53.4 Å². The number of alkyl halides is 7. The van der Waals surface area contributed by atoms with E-state index in [1.807, 2.05) is 0 Å². The van der Waals surface area contributed by atoms with Gasteiger partial charge in [-0.3, -0.25) is 9.59 Å². The summed E-state index contributed by atoms with van der Waals surface area (Å²) in [5.41, 5.74) is -9.37. The SMILES string of the molecule is O=C(O)C12CCC(C(=O)N3CC[C@]4(S(=O)(=O)c5ccccc5)c5ccc(C(F)(C(F)(F)F)C(F)(F)F)cc5CC[C@H]34)(CC1)CC2. The maximum absolute atomic E-state index is 15.0. The van der Waals surface area contributed by atoms with E-state index in [1.54, 1.807) is 6.07 Å². The highest BCUT2D eigenvalue weighted by Crippen LogP contribution is 2.61. The Morgan fingerprint density at radius 3 is 1.89 bits per heavy atom. The Balaban J connectivity index is 1.46. The van der Waals surface area contributed by atoms with Gasteiger partial charge in [-0.05, 0) is 81.0 Å². The molecule has 0 radical (unpaired) electrons. The van der Waals surface area contributed by atoms with E-state index in [-0.39, 0.29) is 47.7 Å². The van der Waals surface area contributed by atoms with Crippen molar-refractivity contribution in [2.24, 2.45) is 10.8 Å². The summed E-state index contributed by atoms with van der Waals surface area (Å²) in [5.74, 6) is -1.22. The van der Waals surface area contributed by atoms with Crippen molar-refractivity contribution in [2.45, 2.75) is 91.5 Å². The Kier molecular flexibility index (Phi) is 7.01. The summed E-state index contributed by atoms with van der Waals surface area (Å²) in [6, 6.07) is 7.86. The van der Waals surface area contributed by atoms with Gasteiger partial charge in [0.15, 0.2) is 9.84 Å². The van der Waals surface area contributed by atoms with Gasteiger partial charge in [-0.25, -0.2) is 12.8 Å². The standard InChI is InChI=1S/C31H30F7NO5S/c32-29(30(33,34)35,31(36,37)38)20-7-8-22-19(18-20)6-9-23-28(22,45(43,44)21-4-2-1-3-5-21)16-17-39(23)24(40)26-10-13-27(14-11-26,15-12-26)25(41)42/h1-5,7-8,18,23H,6,9-17H2,(H,41,42)/t23-,26?,27?,28-/m0/s1. The van der Waals surface area contributed by atoms with Crippen LogP contribution >= 0.6 is 0 Å². The zero-order valence-electron chi connectivity index (χ0n) is 23.8. The number of hydrogen-bond donors (Lipinski definition) is 1. The predicted molar refractivity (Wildman–Crippen MR) is 145 cm³/mol. The monoisotopic (exact) mass is 661 g/mol. The van der Waals surface area contributed by atoms with Crippen molar-refractivity contribution in [3.8, 4) is 0 Å². The molecule has 14 heteroatoms. The minimum absolute atomic E-state index is 0.0409. The van der Waals surface area contributed by atoms with Crippen LogP contribution in [-0.2, 0) is 36.3 Å². The molecule has 1 N–H and O–H groups in total. The number of aryl methyl sites for hydroxylation is 1. The number of rotatable bonds is 5. The zero-order valence-corrected chi connectivity index (χ0v) is 24.7. The lowest BCUT2D eigenvalue weighted by Crippen LogP contribution is -2.57. The van der Waals surface area contributed by atoms with Gasteiger partial charge in [-0.1, -0.05) is 36.4 Å². The topological polar surface area (TPSA) is 91.8 Å². The van der Waals surface area contributed by atoms with Gasteiger partial charge < -0.3 is 10.0 Å². The van der Waals surface area contributed by atoms with Crippen LogP contribution in [0.2, 0.25) is 0 Å². The number of likely N-dealkylation sites (tertiary alicyclic amines) is 1. The maximum Gasteiger partial charge on any atom is 0.435 e. The van der Waals surface area contributed by atoms with Gasteiger partial charge in [-0.15, -0.1) is 0 Å². The summed E-state index contributed by atoms with van der Waals surface area (Å²) in [6.07, 6.45) is -11.3. The van der Waals surface area contributed by atoms with Gasteiger partial charge in [0.25, 0.3) is 0 Å². The van der Waals surface area contributed by atoms with Crippen molar-refractivity contribution in [1.29, 1.82) is 0 Å². The van der Waals surface area contributed by atoms with Gasteiger partial charge in [0.2, 0.25) is 5.91 Å². The molecule has 0 aromatic heterocycles. The number of amides is 1. The first-order chi connectivity index (χ1) is 20.9. The molecule has 4 fully saturated rings. The molecule has 2 bridgehead atoms. The highest BCUT2D eigenvalue weighted by atomic mass is 32.2. The largest absolute Gasteiger partial charge is 0.481 e. The summed E-state index contributed by atoms with van der Waals surface area (Å²) in [7, 11) is -4.42. The van der Waals surface area contributed by atoms with Crippen LogP contribution in [0.4, 0.5) is 30.7 Å². The van der Waals surface area contributed by atoms with Crippen LogP contribution in [-0.4, -0.2) is 55.2 Å². The minimum Gasteiger partial charge on any atom is -0.481 e. The van der Waals surface area contributed by atoms with Gasteiger partial charge >= 0.3 is 24.0 Å². The van der Waals surface area contributed by atoms with Crippen molar-refractivity contribution >= 4 is 21.7 Å². The molecule has 2 aromatic carbocycles. The molecule has 45 heavy (non-hydrogen) atoms. The molecule has 2 aromatic rings. The van der Waals surface area contributed by atoms with Crippen molar-refractivity contribution < 1.29 is 53.8 Å². The first-order valence-corrected chi connectivity index (χ1v) is 16.2. The van der Waals surface area contributed by atoms with E-state index in [2.05, 4.69) is 0 Å². The fraction of sp³-hybridized carbons (Fsp3) is 0.548. The molecule has 1 amide bonds. The first kappa shape index (κ1) is 31.8. The minimum atomic E-state index is -6.33. The molecule has 0 spiro atoms. The quantitative estimate of drug-likeness (QED) is 0.364. The number of sulfone groups is 1. The Hall–Kier alpha value is -3.16. The molecule has 0 unspecified atom stereocenters. The summed E-state index contributed by atoms with van der Waals surface area (Å²) >= 11 is 0. The normalized spacial score (nSPS) is 30.1. The van der Waals surface area contributed by atoms with Crippen LogP contribution in [0, 0.1) is 10.8 Å². The summed E-state index contributed by atoms with van der Waals surface area (Å²) in [4.78, 5) is 27.6. The molecule has 3 saturated carbocycles. The number of aliphatic carboxylic acids is 1. The lowest BCUT2D eigenvalue weighted by atomic mass is 9.53. The van der Waals surface area contributed by atoms with E-state index in [9.17, 15) is 49.5 Å². The molecule has 1 heterocycles. The second-order valence-corrected chi connectivity index (χ2v) is 15.1. The van der Waals surface area contributed by atoms with Crippen molar-refractivity contribution in [2.75, 3.05) is 6.54 Å². The number of benzene rings is 2. The summed E-state index contributed by atoms with van der Waals surface area (Å²) < 4.78 is 124. The average Bonchev–Trinajstić information content (AvgIpc) is 3.41. The van der Waals surface area contributed by atoms with Crippen molar-refractivity contribution in [1.82, 2.24) is 4.90 Å². The molecule has 7 rings (SSSR count). The number of carboxylic acid groups (broad SMARTS) is 1. The second kappa shape index (κ2) is 9.92. The van der Waals surface area contributed by atoms with E-state index in [0.717, 1.165) is 6.07 Å². The molecule has 6 nitrogen and oxygen atoms in total. The number of carboxylic acids is 1. The molecule has 1 saturated heterocycles. The van der Waals surface area contributed by atoms with Crippen LogP contribution < -0.4 is 0 Å². The second-order valence-electron chi connectivity index (χ2n) is 12.9. The van der Waals surface area contributed by atoms with E-state index >= 15 is 4.39 Å². The van der Waals surface area contributed by atoms with Crippen LogP contribution in [0.25, 0.3) is 0 Å². The van der Waals surface area contributed by atoms with Gasteiger partial charge in [-0.2, -0.15) is 26.3 Å². The Labute approximate surface area is 254 Å². The Morgan fingerprint density at radius 1 is 0.800 bits per heavy atom. The molecule has 1 aliphatic heterocycles. The predicted octanol–water partition coefficient (Wildman–Crippen LogP) is 6.62. The zero-order chi connectivity index (χ0) is 32.8. The van der Waals surface area contributed by atoms with Crippen molar-refractivity contribution in [3.63, 3.8) is 0 Å². The lowest BCUT2D eigenvalue weighted by molar-refractivity contribution is -0.348. The van der Waals surface area contributed by atoms with Gasteiger partial charge in [0.05, 0.1) is 16.4 Å². The van der Waals surface area contributed by atoms with Gasteiger partial charge in [0, 0.05) is 17.5 Å². The Bertz CT molecular complexity index is 1620. The smallest absolute Gasteiger partial charge is 0.435 e. The van der Waals surface area contributed by atoms with E-state index < -0.39 is 61.0 Å². The number of carbonyl (C=O) groups is 2. The summed E-state index contributed by atoms with van der Waals surface area (Å²) in [5, 5.41) is 9.78. The first-order valence-electron chi connectivity index (χ1n) is 14.7. The molecule has 244 valence electrons. The number of nitrogens with zero attached hydrogens (tertiary/aromatic N) is 1. The number of hydrogen-bond acceptors (Lipinski definition) is 4. The average molecular weight is 662 g/mol. The molecular weight excluding hydrogens is 631 g/mol. The third-order valence-corrected chi connectivity index (χ3v) is 13.6. The molecule has 5 aliphatic rings. The van der Waals surface area contributed by atoms with Crippen molar-refractivity contribution in [3.05, 3.63) is 65.2 Å². The third-order valence-electron chi connectivity index (χ3n) is 11.0. The maximum atomic E-state index is 15.0. The highest BCUT2D eigenvalue weighted by molar-refractivity contribution is 7.92. The summed E-state index contributed by atoms with van der Waals surface area (Å²) in [6.45, 7) is -0.0409. The fourth-order valence-electron chi connectivity index (χ4n) is 8.41. The van der Waals surface area contributed by atoms with Gasteiger partial charge in [0.1, 0.15) is 4.75 Å². The van der Waals surface area contributed by atoms with E-state index in [4.69, 9.17) is 0 Å². The highest BCUT2D eigenvalue weighted by Gasteiger charge is 2.74. The molecule has 4 aliphatic carbocycles. The number of carbonyl (C=O) groups excluding carboxylic acids is 1. The number of halogens is 7. The fourth-order valence-corrected chi connectivity index (χ4v) is 10.8. The van der Waals surface area contributed by atoms with E-state index in [0.29, 0.717) is 50.7 Å². The lowest BCUT2D eigenvalue weighted by Gasteiger charge is -2.52. The van der Waals surface area contributed by atoms with Crippen LogP contribution in [0.5, 0.6) is 0 Å². The van der Waals surface area contributed by atoms with Crippen LogP contribution in [0.3, 0.4) is 0 Å². The number of fused-ring (bicyclic) bond motifs is 6. The van der Waals surface area contributed by atoms with E-state index in [1.165, 1.54) is 29.2 Å².